The van der Waals surface area contributed by atoms with Crippen LogP contribution in [0.2, 0.25) is 0 Å². The molecule has 6 aliphatic rings. The lowest BCUT2D eigenvalue weighted by Gasteiger charge is -2.65. The van der Waals surface area contributed by atoms with E-state index in [1.807, 2.05) is 13.8 Å². The molecule has 35 heavy (non-hydrogen) atoms. The zero-order chi connectivity index (χ0) is 25.6. The van der Waals surface area contributed by atoms with Crippen LogP contribution in [0.5, 0.6) is 0 Å². The summed E-state index contributed by atoms with van der Waals surface area (Å²) in [6, 6.07) is 0. The second-order valence-corrected chi connectivity index (χ2v) is 15.9. The number of aliphatic hydroxyl groups is 4. The molecule has 0 bridgehead atoms. The zero-order valence-electron chi connectivity index (χ0n) is 23.1. The Morgan fingerprint density at radius 1 is 0.657 bits per heavy atom. The Kier molecular flexibility index (Phi) is 4.92. The third-order valence-corrected chi connectivity index (χ3v) is 13.9. The van der Waals surface area contributed by atoms with Crippen molar-refractivity contribution in [2.45, 2.75) is 142 Å². The Bertz CT molecular complexity index is 916. The Morgan fingerprint density at radius 2 is 1.31 bits per heavy atom. The van der Waals surface area contributed by atoms with Gasteiger partial charge in [0.2, 0.25) is 0 Å². The van der Waals surface area contributed by atoms with Crippen molar-refractivity contribution in [3.8, 4) is 0 Å². The highest BCUT2D eigenvalue weighted by atomic mass is 16.5. The molecule has 6 rings (SSSR count). The number of aliphatic hydroxyl groups excluding tert-OH is 4. The maximum Gasteiger partial charge on any atom is 0.0891 e. The summed E-state index contributed by atoms with van der Waals surface area (Å²) in [5.74, 6) is 0.557. The Hall–Kier alpha value is -0.200. The summed E-state index contributed by atoms with van der Waals surface area (Å²) in [5.41, 5.74) is -1.15. The summed E-state index contributed by atoms with van der Waals surface area (Å²) in [4.78, 5) is 0. The van der Waals surface area contributed by atoms with Gasteiger partial charge in [-0.05, 0) is 117 Å². The summed E-state index contributed by atoms with van der Waals surface area (Å²) in [6.45, 7) is 15.4. The van der Waals surface area contributed by atoms with E-state index in [1.165, 1.54) is 6.42 Å². The maximum atomic E-state index is 11.8. The van der Waals surface area contributed by atoms with Gasteiger partial charge in [-0.25, -0.2) is 0 Å². The van der Waals surface area contributed by atoms with Crippen molar-refractivity contribution in [2.75, 3.05) is 0 Å². The van der Waals surface area contributed by atoms with Gasteiger partial charge < -0.3 is 25.2 Å². The van der Waals surface area contributed by atoms with Crippen molar-refractivity contribution in [3.05, 3.63) is 0 Å². The molecule has 4 N–H and O–H groups in total. The molecule has 0 aromatic rings. The van der Waals surface area contributed by atoms with Crippen molar-refractivity contribution in [1.29, 1.82) is 0 Å². The molecule has 0 radical (unpaired) electrons. The van der Waals surface area contributed by atoms with Crippen LogP contribution in [-0.2, 0) is 4.74 Å². The molecule has 12 atom stereocenters. The van der Waals surface area contributed by atoms with Crippen LogP contribution in [0.25, 0.3) is 0 Å². The van der Waals surface area contributed by atoms with Gasteiger partial charge in [-0.1, -0.05) is 27.7 Å². The summed E-state index contributed by atoms with van der Waals surface area (Å²) >= 11 is 0. The van der Waals surface area contributed by atoms with E-state index in [9.17, 15) is 20.4 Å². The SMILES string of the molecule is CC1(C)O[C@@](C)([C@H]2[C@@H](O)C[C@@]3(C)[C@@H]4C[C@H](O)[C@H]5C(C)(C)[C@@H](O)CC[C@@]56C[C@@]46CC[C@]23C)CC[C@@H]1O. The molecule has 6 fully saturated rings. The van der Waals surface area contributed by atoms with Crippen molar-refractivity contribution >= 4 is 0 Å². The van der Waals surface area contributed by atoms with Gasteiger partial charge in [0.25, 0.3) is 0 Å². The van der Waals surface area contributed by atoms with Crippen molar-refractivity contribution in [3.63, 3.8) is 0 Å². The van der Waals surface area contributed by atoms with Gasteiger partial charge in [0.05, 0.1) is 35.6 Å². The first-order chi connectivity index (χ1) is 16.0. The maximum absolute atomic E-state index is 11.8. The first-order valence-electron chi connectivity index (χ1n) is 14.4. The van der Waals surface area contributed by atoms with Gasteiger partial charge in [-0.15, -0.1) is 0 Å². The highest BCUT2D eigenvalue weighted by Crippen LogP contribution is 2.89. The lowest BCUT2D eigenvalue weighted by molar-refractivity contribution is -0.264. The first-order valence-corrected chi connectivity index (χ1v) is 14.4. The van der Waals surface area contributed by atoms with Crippen molar-refractivity contribution < 1.29 is 25.2 Å². The molecule has 5 nitrogen and oxygen atoms in total. The van der Waals surface area contributed by atoms with E-state index in [4.69, 9.17) is 4.74 Å². The third kappa shape index (κ3) is 2.73. The number of fused-ring (bicyclic) bond motifs is 2. The molecule has 1 heterocycles. The van der Waals surface area contributed by atoms with Gasteiger partial charge in [0.1, 0.15) is 0 Å². The van der Waals surface area contributed by atoms with E-state index >= 15 is 0 Å². The second-order valence-electron chi connectivity index (χ2n) is 15.9. The molecule has 0 unspecified atom stereocenters. The molecular formula is C30H50O5. The van der Waals surface area contributed by atoms with E-state index in [2.05, 4.69) is 34.6 Å². The largest absolute Gasteiger partial charge is 0.393 e. The topological polar surface area (TPSA) is 90.2 Å². The van der Waals surface area contributed by atoms with Crippen molar-refractivity contribution in [2.24, 2.45) is 44.8 Å². The Balaban J connectivity index is 1.39. The van der Waals surface area contributed by atoms with E-state index in [0.717, 1.165) is 44.9 Å². The molecular weight excluding hydrogens is 440 g/mol. The van der Waals surface area contributed by atoms with E-state index in [1.54, 1.807) is 0 Å². The summed E-state index contributed by atoms with van der Waals surface area (Å²) < 4.78 is 6.72. The van der Waals surface area contributed by atoms with Crippen LogP contribution in [0.4, 0.5) is 0 Å². The fraction of sp³-hybridized carbons (Fsp3) is 1.00. The average Bonchev–Trinajstić information content (AvgIpc) is 3.32. The molecule has 5 heteroatoms. The van der Waals surface area contributed by atoms with Crippen LogP contribution < -0.4 is 0 Å². The van der Waals surface area contributed by atoms with Crippen LogP contribution in [0.1, 0.15) is 106 Å². The predicted octanol–water partition coefficient (Wildman–Crippen LogP) is 4.44. The van der Waals surface area contributed by atoms with Crippen LogP contribution >= 0.6 is 0 Å². The number of rotatable bonds is 1. The Morgan fingerprint density at radius 3 is 1.97 bits per heavy atom. The fourth-order valence-electron chi connectivity index (χ4n) is 12.3. The smallest absolute Gasteiger partial charge is 0.0891 e. The number of hydrogen-bond donors (Lipinski definition) is 4. The van der Waals surface area contributed by atoms with E-state index in [0.29, 0.717) is 12.3 Å². The minimum absolute atomic E-state index is 0.0123. The molecule has 0 aromatic heterocycles. The molecule has 200 valence electrons. The van der Waals surface area contributed by atoms with Gasteiger partial charge in [-0.2, -0.15) is 0 Å². The van der Waals surface area contributed by atoms with Crippen LogP contribution in [0.15, 0.2) is 0 Å². The normalized spacial score (nSPS) is 62.3. The van der Waals surface area contributed by atoms with Gasteiger partial charge in [0.15, 0.2) is 0 Å². The molecule has 1 saturated heterocycles. The summed E-state index contributed by atoms with van der Waals surface area (Å²) in [6.07, 6.45) is 6.65. The minimum atomic E-state index is -0.624. The summed E-state index contributed by atoms with van der Waals surface area (Å²) in [7, 11) is 0. The highest BCUT2D eigenvalue weighted by molar-refractivity contribution is 5.33. The third-order valence-electron chi connectivity index (χ3n) is 13.9. The molecule has 2 spiro atoms. The number of ether oxygens (including phenoxy) is 1. The lowest BCUT2D eigenvalue weighted by Crippen LogP contribution is -2.63. The molecule has 1 aliphatic heterocycles. The summed E-state index contributed by atoms with van der Waals surface area (Å²) in [5, 5.41) is 44.9. The molecule has 5 aliphatic carbocycles. The monoisotopic (exact) mass is 490 g/mol. The van der Waals surface area contributed by atoms with Crippen LogP contribution in [0, 0.1) is 44.8 Å². The standard InChI is InChI=1S/C30H50O5/c1-24(2)20(33)9-11-30-16-29(30)13-12-26(5)23(28(7)10-8-21(34)25(3,4)35-28)18(32)15-27(26,6)19(29)14-17(31)22(24)30/h17-23,31-34H,8-16H2,1-7H3/t17-,18-,19-,20-,21-,22-,23-,26+,27-,28+,29-,30+/m0/s1. The lowest BCUT2D eigenvalue weighted by atomic mass is 9.41. The molecule has 0 amide bonds. The van der Waals surface area contributed by atoms with E-state index in [-0.39, 0.29) is 45.0 Å². The quantitative estimate of drug-likeness (QED) is 0.436. The van der Waals surface area contributed by atoms with Crippen molar-refractivity contribution in [1.82, 2.24) is 0 Å². The average molecular weight is 491 g/mol. The van der Waals surface area contributed by atoms with Gasteiger partial charge in [-0.3, -0.25) is 0 Å². The molecule has 5 saturated carbocycles. The highest BCUT2D eigenvalue weighted by Gasteiger charge is 2.84. The Labute approximate surface area is 212 Å². The molecule has 0 aromatic carbocycles. The first kappa shape index (κ1) is 25.1. The van der Waals surface area contributed by atoms with Crippen LogP contribution in [0.3, 0.4) is 0 Å². The second kappa shape index (κ2) is 6.86. The van der Waals surface area contributed by atoms with Gasteiger partial charge >= 0.3 is 0 Å². The van der Waals surface area contributed by atoms with E-state index < -0.39 is 29.5 Å². The predicted molar refractivity (Wildman–Crippen MR) is 134 cm³/mol. The minimum Gasteiger partial charge on any atom is -0.393 e. The van der Waals surface area contributed by atoms with Crippen LogP contribution in [-0.4, -0.2) is 56.0 Å². The number of hydrogen-bond acceptors (Lipinski definition) is 5. The fourth-order valence-corrected chi connectivity index (χ4v) is 12.3. The zero-order valence-corrected chi connectivity index (χ0v) is 23.1. The van der Waals surface area contributed by atoms with Gasteiger partial charge in [0, 0.05) is 5.92 Å².